The number of rotatable bonds is 5. The smallest absolute Gasteiger partial charge is 0.246 e. The van der Waals surface area contributed by atoms with Crippen LogP contribution in [-0.2, 0) is 4.79 Å². The second-order valence-corrected chi connectivity index (χ2v) is 7.43. The van der Waals surface area contributed by atoms with Gasteiger partial charge < -0.3 is 20.3 Å². The molecule has 0 spiro atoms. The fourth-order valence-corrected chi connectivity index (χ4v) is 3.84. The van der Waals surface area contributed by atoms with Gasteiger partial charge in [0.25, 0.3) is 0 Å². The normalized spacial score (nSPS) is 24.5. The largest absolute Gasteiger partial charge is 0.388 e. The van der Waals surface area contributed by atoms with Crippen molar-refractivity contribution in [1.29, 1.82) is 0 Å². The number of hydrogen-bond acceptors (Lipinski definition) is 5. The zero-order chi connectivity index (χ0) is 18.3. The van der Waals surface area contributed by atoms with E-state index in [0.717, 1.165) is 48.1 Å². The fourth-order valence-electron chi connectivity index (χ4n) is 3.84. The van der Waals surface area contributed by atoms with E-state index in [9.17, 15) is 9.90 Å². The Balaban J connectivity index is 1.60. The molecule has 0 aromatic carbocycles. The van der Waals surface area contributed by atoms with E-state index < -0.39 is 6.10 Å². The topological polar surface area (TPSA) is 94.1 Å². The van der Waals surface area contributed by atoms with Crippen LogP contribution in [0.4, 0.5) is 5.82 Å². The van der Waals surface area contributed by atoms with E-state index in [1.807, 2.05) is 11.1 Å². The second-order valence-electron chi connectivity index (χ2n) is 7.43. The lowest BCUT2D eigenvalue weighted by Crippen LogP contribution is -2.49. The van der Waals surface area contributed by atoms with Crippen LogP contribution >= 0.6 is 0 Å². The van der Waals surface area contributed by atoms with E-state index in [-0.39, 0.29) is 18.0 Å². The number of amides is 1. The zero-order valence-corrected chi connectivity index (χ0v) is 15.0. The molecule has 3 atom stereocenters. The van der Waals surface area contributed by atoms with Gasteiger partial charge in [-0.2, -0.15) is 0 Å². The third-order valence-corrected chi connectivity index (χ3v) is 5.57. The second kappa shape index (κ2) is 6.72. The predicted molar refractivity (Wildman–Crippen MR) is 99.6 cm³/mol. The van der Waals surface area contributed by atoms with Crippen molar-refractivity contribution in [3.05, 3.63) is 30.7 Å². The Bertz CT molecular complexity index is 828. The molecule has 0 bridgehead atoms. The number of likely N-dealkylation sites (tertiary alicyclic amines) is 1. The van der Waals surface area contributed by atoms with E-state index in [1.165, 1.54) is 12.4 Å². The van der Waals surface area contributed by atoms with Crippen LogP contribution in [0.2, 0.25) is 0 Å². The Morgan fingerprint density at radius 3 is 2.96 bits per heavy atom. The van der Waals surface area contributed by atoms with Gasteiger partial charge in [-0.25, -0.2) is 9.97 Å². The molecule has 3 N–H and O–H groups in total. The van der Waals surface area contributed by atoms with Crippen molar-refractivity contribution >= 4 is 22.8 Å². The van der Waals surface area contributed by atoms with Gasteiger partial charge in [-0.1, -0.05) is 6.58 Å². The molecule has 1 saturated heterocycles. The van der Waals surface area contributed by atoms with Gasteiger partial charge in [-0.15, -0.1) is 0 Å². The summed E-state index contributed by atoms with van der Waals surface area (Å²) in [5, 5.41) is 14.9. The molecule has 4 rings (SSSR count). The average Bonchev–Trinajstić information content (AvgIpc) is 3.41. The maximum Gasteiger partial charge on any atom is 0.246 e. The highest BCUT2D eigenvalue weighted by molar-refractivity contribution is 5.91. The van der Waals surface area contributed by atoms with Crippen molar-refractivity contribution in [3.8, 4) is 0 Å². The number of aromatic amines is 1. The molecule has 2 fully saturated rings. The molecule has 3 heterocycles. The molecule has 0 radical (unpaired) electrons. The Kier molecular flexibility index (Phi) is 4.40. The summed E-state index contributed by atoms with van der Waals surface area (Å²) < 4.78 is 0. The number of H-pyrrole nitrogens is 1. The molecule has 2 aliphatic rings. The molecule has 1 aliphatic carbocycles. The summed E-state index contributed by atoms with van der Waals surface area (Å²) in [6.45, 7) is 6.28. The summed E-state index contributed by atoms with van der Waals surface area (Å²) in [4.78, 5) is 25.8. The number of piperidine rings is 1. The van der Waals surface area contributed by atoms with E-state index in [1.54, 1.807) is 0 Å². The van der Waals surface area contributed by atoms with E-state index in [0.29, 0.717) is 12.5 Å². The van der Waals surface area contributed by atoms with Crippen LogP contribution in [0.5, 0.6) is 0 Å². The average molecular weight is 355 g/mol. The van der Waals surface area contributed by atoms with Crippen molar-refractivity contribution in [3.63, 3.8) is 0 Å². The minimum Gasteiger partial charge on any atom is -0.388 e. The Hall–Kier alpha value is -2.41. The van der Waals surface area contributed by atoms with Crippen LogP contribution in [0.1, 0.15) is 44.3 Å². The lowest BCUT2D eigenvalue weighted by molar-refractivity contribution is -0.129. The Labute approximate surface area is 152 Å². The summed E-state index contributed by atoms with van der Waals surface area (Å²) in [5.41, 5.74) is 1.58. The quantitative estimate of drug-likeness (QED) is 0.716. The highest BCUT2D eigenvalue weighted by atomic mass is 16.3. The highest BCUT2D eigenvalue weighted by Crippen LogP contribution is 2.43. The van der Waals surface area contributed by atoms with Gasteiger partial charge in [-0.05, 0) is 44.6 Å². The van der Waals surface area contributed by atoms with Crippen LogP contribution in [0.15, 0.2) is 25.2 Å². The monoisotopic (exact) mass is 355 g/mol. The van der Waals surface area contributed by atoms with E-state index in [4.69, 9.17) is 0 Å². The summed E-state index contributed by atoms with van der Waals surface area (Å²) in [6.07, 6.45) is 8.25. The first-order chi connectivity index (χ1) is 12.6. The molecule has 2 aromatic rings. The zero-order valence-electron chi connectivity index (χ0n) is 15.0. The molecular weight excluding hydrogens is 330 g/mol. The fraction of sp³-hybridized carbons (Fsp3) is 0.526. The van der Waals surface area contributed by atoms with Crippen molar-refractivity contribution in [1.82, 2.24) is 19.9 Å². The van der Waals surface area contributed by atoms with Crippen molar-refractivity contribution in [2.45, 2.75) is 50.8 Å². The SMILES string of the molecule is C=CC(=O)N1C[C@H](Nc2ncnc3[nH]cc([C@H](O)C4CC4)c23)CC[C@@H]1C. The number of hydrogen-bond donors (Lipinski definition) is 3. The van der Waals surface area contributed by atoms with Gasteiger partial charge in [0.15, 0.2) is 0 Å². The first-order valence-corrected chi connectivity index (χ1v) is 9.28. The molecule has 7 nitrogen and oxygen atoms in total. The molecule has 7 heteroatoms. The number of carbonyl (C=O) groups excluding carboxylic acids is 1. The van der Waals surface area contributed by atoms with E-state index >= 15 is 0 Å². The highest BCUT2D eigenvalue weighted by Gasteiger charge is 2.34. The number of aliphatic hydroxyl groups is 1. The molecule has 26 heavy (non-hydrogen) atoms. The number of fused-ring (bicyclic) bond motifs is 1. The molecule has 1 aliphatic heterocycles. The molecule has 1 amide bonds. The Morgan fingerprint density at radius 2 is 2.23 bits per heavy atom. The number of carbonyl (C=O) groups is 1. The van der Waals surface area contributed by atoms with Crippen molar-refractivity contribution in [2.75, 3.05) is 11.9 Å². The minimum absolute atomic E-state index is 0.0386. The van der Waals surface area contributed by atoms with Crippen LogP contribution in [0.3, 0.4) is 0 Å². The van der Waals surface area contributed by atoms with Crippen LogP contribution in [0, 0.1) is 5.92 Å². The lowest BCUT2D eigenvalue weighted by Gasteiger charge is -2.38. The summed E-state index contributed by atoms with van der Waals surface area (Å²) in [5.74, 6) is 1.01. The molecule has 1 saturated carbocycles. The summed E-state index contributed by atoms with van der Waals surface area (Å²) >= 11 is 0. The van der Waals surface area contributed by atoms with Crippen LogP contribution in [-0.4, -0.2) is 49.5 Å². The summed E-state index contributed by atoms with van der Waals surface area (Å²) in [7, 11) is 0. The van der Waals surface area contributed by atoms with Gasteiger partial charge in [-0.3, -0.25) is 4.79 Å². The van der Waals surface area contributed by atoms with Crippen molar-refractivity contribution in [2.24, 2.45) is 5.92 Å². The van der Waals surface area contributed by atoms with E-state index in [2.05, 4.69) is 33.8 Å². The van der Waals surface area contributed by atoms with Gasteiger partial charge in [0.05, 0.1) is 11.5 Å². The number of anilines is 1. The molecular formula is C19H25N5O2. The third-order valence-electron chi connectivity index (χ3n) is 5.57. The van der Waals surface area contributed by atoms with Crippen LogP contribution in [0.25, 0.3) is 11.0 Å². The predicted octanol–water partition coefficient (Wildman–Crippen LogP) is 2.38. The van der Waals surface area contributed by atoms with Gasteiger partial charge in [0, 0.05) is 30.4 Å². The molecule has 2 aromatic heterocycles. The maximum atomic E-state index is 12.1. The maximum absolute atomic E-state index is 12.1. The lowest BCUT2D eigenvalue weighted by atomic mass is 9.98. The van der Waals surface area contributed by atoms with Gasteiger partial charge in [0.1, 0.15) is 17.8 Å². The minimum atomic E-state index is -0.486. The number of aromatic nitrogens is 3. The molecule has 0 unspecified atom stereocenters. The van der Waals surface area contributed by atoms with Crippen molar-refractivity contribution < 1.29 is 9.90 Å². The first-order valence-electron chi connectivity index (χ1n) is 9.28. The number of aliphatic hydroxyl groups excluding tert-OH is 1. The van der Waals surface area contributed by atoms with Gasteiger partial charge in [0.2, 0.25) is 5.91 Å². The van der Waals surface area contributed by atoms with Crippen LogP contribution < -0.4 is 5.32 Å². The summed E-state index contributed by atoms with van der Waals surface area (Å²) in [6, 6.07) is 0.317. The standard InChI is InChI=1S/C19H25N5O2/c1-3-15(25)24-9-13(7-4-11(24)2)23-19-16-14(17(26)12-5-6-12)8-20-18(16)21-10-22-19/h3,8,10-13,17,26H,1,4-7,9H2,2H3,(H2,20,21,22,23)/t11-,13+,17+/m0/s1. The number of nitrogens with zero attached hydrogens (tertiary/aromatic N) is 3. The molecule has 138 valence electrons. The first kappa shape index (κ1) is 17.0. The Morgan fingerprint density at radius 1 is 1.42 bits per heavy atom. The third kappa shape index (κ3) is 3.07. The number of nitrogens with one attached hydrogen (secondary N) is 2. The van der Waals surface area contributed by atoms with Gasteiger partial charge >= 0.3 is 0 Å².